The second-order valence-corrected chi connectivity index (χ2v) is 5.74. The summed E-state index contributed by atoms with van der Waals surface area (Å²) in [4.78, 5) is 6.05. The van der Waals surface area contributed by atoms with Gasteiger partial charge in [-0.2, -0.15) is 0 Å². The minimum Gasteiger partial charge on any atom is -0.370 e. The summed E-state index contributed by atoms with van der Waals surface area (Å²) in [6.07, 6.45) is 4.68. The predicted molar refractivity (Wildman–Crippen MR) is 79.9 cm³/mol. The average Bonchev–Trinajstić information content (AvgIpc) is 2.43. The van der Waals surface area contributed by atoms with E-state index in [0.717, 1.165) is 25.9 Å². The second-order valence-electron chi connectivity index (χ2n) is 4.01. The van der Waals surface area contributed by atoms with E-state index in [4.69, 9.17) is 10.9 Å². The quantitative estimate of drug-likeness (QED) is 0.414. The molecule has 1 fully saturated rings. The Morgan fingerprint density at radius 2 is 1.71 bits per heavy atom. The molecule has 0 aromatic heterocycles. The molecule has 1 saturated heterocycles. The van der Waals surface area contributed by atoms with Crippen LogP contribution in [0.1, 0.15) is 25.7 Å². The first-order valence-electron chi connectivity index (χ1n) is 5.54. The number of rotatable bonds is 3. The molecule has 0 spiro atoms. The van der Waals surface area contributed by atoms with Crippen LogP contribution in [0.3, 0.4) is 0 Å². The third-order valence-corrected chi connectivity index (χ3v) is 3.33. The smallest absolute Gasteiger partial charge is 0.210 e. The van der Waals surface area contributed by atoms with Crippen molar-refractivity contribution in [3.8, 4) is 0 Å². The largest absolute Gasteiger partial charge is 0.370 e. The number of likely N-dealkylation sites (tertiary alicyclic amines) is 1. The normalized spacial score (nSPS) is 18.4. The van der Waals surface area contributed by atoms with Gasteiger partial charge in [-0.3, -0.25) is 4.99 Å². The van der Waals surface area contributed by atoms with E-state index in [-0.39, 0.29) is 36.3 Å². The Labute approximate surface area is 120 Å². The molecular formula is C9H21IN4O2S. The first kappa shape index (κ1) is 16.9. The number of nitrogens with two attached hydrogens (primary N) is 2. The van der Waals surface area contributed by atoms with Gasteiger partial charge in [-0.15, -0.1) is 24.0 Å². The van der Waals surface area contributed by atoms with Gasteiger partial charge in [0.15, 0.2) is 5.96 Å². The number of primary sulfonamides is 1. The number of hydrogen-bond acceptors (Lipinski definition) is 3. The third-order valence-electron chi connectivity index (χ3n) is 2.58. The molecule has 17 heavy (non-hydrogen) atoms. The zero-order valence-electron chi connectivity index (χ0n) is 9.84. The van der Waals surface area contributed by atoms with Gasteiger partial charge in [-0.1, -0.05) is 12.8 Å². The summed E-state index contributed by atoms with van der Waals surface area (Å²) >= 11 is 0. The summed E-state index contributed by atoms with van der Waals surface area (Å²) in [6.45, 7) is 1.95. The summed E-state index contributed by atoms with van der Waals surface area (Å²) in [6, 6.07) is 0. The fourth-order valence-electron chi connectivity index (χ4n) is 1.69. The van der Waals surface area contributed by atoms with E-state index in [1.807, 2.05) is 4.90 Å². The van der Waals surface area contributed by atoms with E-state index < -0.39 is 10.0 Å². The number of halogens is 1. The van der Waals surface area contributed by atoms with Crippen molar-refractivity contribution >= 4 is 40.0 Å². The van der Waals surface area contributed by atoms with E-state index in [0.29, 0.717) is 5.96 Å². The van der Waals surface area contributed by atoms with E-state index in [2.05, 4.69) is 4.99 Å². The maximum absolute atomic E-state index is 10.7. The summed E-state index contributed by atoms with van der Waals surface area (Å²) < 4.78 is 21.4. The molecule has 0 radical (unpaired) electrons. The first-order chi connectivity index (χ1) is 7.49. The Morgan fingerprint density at radius 3 is 2.18 bits per heavy atom. The van der Waals surface area contributed by atoms with Gasteiger partial charge in [0.2, 0.25) is 10.0 Å². The van der Waals surface area contributed by atoms with Crippen LogP contribution in [0.25, 0.3) is 0 Å². The second kappa shape index (κ2) is 8.09. The molecule has 0 aromatic rings. The molecule has 0 amide bonds. The monoisotopic (exact) mass is 376 g/mol. The molecule has 1 rings (SSSR count). The third kappa shape index (κ3) is 7.77. The van der Waals surface area contributed by atoms with Crippen LogP contribution in [0.15, 0.2) is 4.99 Å². The number of guanidine groups is 1. The highest BCUT2D eigenvalue weighted by Gasteiger charge is 2.10. The Kier molecular flexibility index (Phi) is 8.05. The molecule has 0 bridgehead atoms. The fourth-order valence-corrected chi connectivity index (χ4v) is 2.03. The van der Waals surface area contributed by atoms with Gasteiger partial charge in [0.1, 0.15) is 0 Å². The first-order valence-corrected chi connectivity index (χ1v) is 7.26. The van der Waals surface area contributed by atoms with E-state index in [1.165, 1.54) is 12.8 Å². The number of nitrogens with zero attached hydrogens (tertiary/aromatic N) is 2. The van der Waals surface area contributed by atoms with Gasteiger partial charge in [0.05, 0.1) is 12.3 Å². The standard InChI is InChI=1S/C9H20N4O2S.HI/c10-9(12-5-8-16(11,14)15)13-6-3-1-2-4-7-13;/h1-8H2,(H2,10,12)(H2,11,14,15);1H. The Bertz CT molecular complexity index is 337. The van der Waals surface area contributed by atoms with Crippen molar-refractivity contribution in [2.45, 2.75) is 25.7 Å². The molecule has 102 valence electrons. The zero-order chi connectivity index (χ0) is 12.0. The van der Waals surface area contributed by atoms with Crippen molar-refractivity contribution in [2.75, 3.05) is 25.4 Å². The van der Waals surface area contributed by atoms with Crippen LogP contribution in [0, 0.1) is 0 Å². The molecule has 1 aliphatic rings. The summed E-state index contributed by atoms with van der Waals surface area (Å²) in [5.41, 5.74) is 5.79. The predicted octanol–water partition coefficient (Wildman–Crippen LogP) is 0.0836. The van der Waals surface area contributed by atoms with Crippen LogP contribution < -0.4 is 10.9 Å². The molecule has 6 nitrogen and oxygen atoms in total. The number of sulfonamides is 1. The van der Waals surface area contributed by atoms with Gasteiger partial charge >= 0.3 is 0 Å². The number of hydrogen-bond donors (Lipinski definition) is 2. The van der Waals surface area contributed by atoms with Crippen LogP contribution in [-0.4, -0.2) is 44.7 Å². The zero-order valence-corrected chi connectivity index (χ0v) is 13.0. The topological polar surface area (TPSA) is 102 Å². The molecule has 0 atom stereocenters. The lowest BCUT2D eigenvalue weighted by Crippen LogP contribution is -2.38. The lowest BCUT2D eigenvalue weighted by molar-refractivity contribution is 0.429. The Morgan fingerprint density at radius 1 is 1.18 bits per heavy atom. The molecule has 4 N–H and O–H groups in total. The highest BCUT2D eigenvalue weighted by atomic mass is 127. The molecule has 0 aliphatic carbocycles. The van der Waals surface area contributed by atoms with Crippen LogP contribution in [0.2, 0.25) is 0 Å². The van der Waals surface area contributed by atoms with Crippen molar-refractivity contribution in [2.24, 2.45) is 15.9 Å². The fraction of sp³-hybridized carbons (Fsp3) is 0.889. The van der Waals surface area contributed by atoms with Gasteiger partial charge in [0.25, 0.3) is 0 Å². The highest BCUT2D eigenvalue weighted by Crippen LogP contribution is 2.08. The Hall–Kier alpha value is -0.0900. The van der Waals surface area contributed by atoms with Gasteiger partial charge in [-0.05, 0) is 12.8 Å². The SMILES string of the molecule is I.NC(=NCCS(N)(=O)=O)N1CCCCCC1. The molecular weight excluding hydrogens is 355 g/mol. The van der Waals surface area contributed by atoms with Crippen molar-refractivity contribution in [1.82, 2.24) is 4.90 Å². The lowest BCUT2D eigenvalue weighted by atomic mass is 10.2. The average molecular weight is 376 g/mol. The molecule has 1 heterocycles. The van der Waals surface area contributed by atoms with Crippen molar-refractivity contribution in [3.05, 3.63) is 0 Å². The van der Waals surface area contributed by atoms with Crippen molar-refractivity contribution in [1.29, 1.82) is 0 Å². The van der Waals surface area contributed by atoms with Crippen molar-refractivity contribution in [3.63, 3.8) is 0 Å². The molecule has 0 saturated carbocycles. The minimum absolute atomic E-state index is 0. The summed E-state index contributed by atoms with van der Waals surface area (Å²) in [5, 5.41) is 4.87. The van der Waals surface area contributed by atoms with Crippen LogP contribution >= 0.6 is 24.0 Å². The van der Waals surface area contributed by atoms with E-state index >= 15 is 0 Å². The van der Waals surface area contributed by atoms with Crippen LogP contribution in [0.4, 0.5) is 0 Å². The maximum atomic E-state index is 10.7. The van der Waals surface area contributed by atoms with Gasteiger partial charge in [0, 0.05) is 13.1 Å². The lowest BCUT2D eigenvalue weighted by Gasteiger charge is -2.20. The number of aliphatic imine (C=N–C) groups is 1. The molecule has 8 heteroatoms. The molecule has 0 aromatic carbocycles. The Balaban J connectivity index is 0.00000256. The van der Waals surface area contributed by atoms with Crippen LogP contribution in [0.5, 0.6) is 0 Å². The maximum Gasteiger partial charge on any atom is 0.210 e. The molecule has 0 unspecified atom stereocenters. The van der Waals surface area contributed by atoms with Crippen LogP contribution in [-0.2, 0) is 10.0 Å². The minimum atomic E-state index is -3.44. The van der Waals surface area contributed by atoms with Gasteiger partial charge < -0.3 is 10.6 Å². The van der Waals surface area contributed by atoms with Gasteiger partial charge in [-0.25, -0.2) is 13.6 Å². The van der Waals surface area contributed by atoms with E-state index in [1.54, 1.807) is 0 Å². The summed E-state index contributed by atoms with van der Waals surface area (Å²) in [5.74, 6) is 0.284. The van der Waals surface area contributed by atoms with Crippen molar-refractivity contribution < 1.29 is 8.42 Å². The molecule has 1 aliphatic heterocycles. The van der Waals surface area contributed by atoms with E-state index in [9.17, 15) is 8.42 Å². The highest BCUT2D eigenvalue weighted by molar-refractivity contribution is 14.0. The summed E-state index contributed by atoms with van der Waals surface area (Å²) in [7, 11) is -3.44.